The molecule has 1 aliphatic rings. The van der Waals surface area contributed by atoms with Crippen LogP contribution in [0.15, 0.2) is 41.2 Å². The van der Waals surface area contributed by atoms with Crippen molar-refractivity contribution in [3.63, 3.8) is 0 Å². The molecule has 0 saturated carbocycles. The molecule has 1 aliphatic heterocycles. The van der Waals surface area contributed by atoms with Gasteiger partial charge in [-0.15, -0.1) is 0 Å². The molecule has 1 aromatic heterocycles. The summed E-state index contributed by atoms with van der Waals surface area (Å²) in [6.45, 7) is 6.25. The summed E-state index contributed by atoms with van der Waals surface area (Å²) >= 11 is 5.92. The van der Waals surface area contributed by atoms with Crippen LogP contribution in [-0.2, 0) is 11.3 Å². The third-order valence-corrected chi connectivity index (χ3v) is 5.02. The van der Waals surface area contributed by atoms with Gasteiger partial charge in [-0.05, 0) is 36.5 Å². The number of carbonyl (C=O) groups excluding carboxylic acids is 1. The Bertz CT molecular complexity index is 822. The Morgan fingerprint density at radius 3 is 2.42 bits per heavy atom. The van der Waals surface area contributed by atoms with Crippen molar-refractivity contribution in [2.75, 3.05) is 13.1 Å². The molecule has 5 nitrogen and oxygen atoms in total. The van der Waals surface area contributed by atoms with E-state index in [9.17, 15) is 9.59 Å². The first-order valence-electron chi connectivity index (χ1n) is 9.04. The van der Waals surface area contributed by atoms with Crippen molar-refractivity contribution in [1.82, 2.24) is 14.7 Å². The second-order valence-corrected chi connectivity index (χ2v) is 7.72. The number of rotatable bonds is 4. The quantitative estimate of drug-likeness (QED) is 0.824. The molecule has 1 amide bonds. The van der Waals surface area contributed by atoms with Crippen molar-refractivity contribution >= 4 is 17.5 Å². The fraction of sp³-hybridized carbons (Fsp3) is 0.450. The highest BCUT2D eigenvalue weighted by molar-refractivity contribution is 6.30. The monoisotopic (exact) mass is 373 g/mol. The van der Waals surface area contributed by atoms with Crippen LogP contribution in [0.5, 0.6) is 0 Å². The molecule has 26 heavy (non-hydrogen) atoms. The van der Waals surface area contributed by atoms with Gasteiger partial charge in [-0.25, -0.2) is 4.68 Å². The van der Waals surface area contributed by atoms with Crippen molar-refractivity contribution in [3.8, 4) is 11.3 Å². The molecule has 2 aromatic rings. The third-order valence-electron chi connectivity index (χ3n) is 4.77. The molecular formula is C20H24ClN3O2. The van der Waals surface area contributed by atoms with E-state index >= 15 is 0 Å². The summed E-state index contributed by atoms with van der Waals surface area (Å²) in [5, 5.41) is 5.06. The third kappa shape index (κ3) is 4.52. The molecule has 138 valence electrons. The zero-order chi connectivity index (χ0) is 18.7. The lowest BCUT2D eigenvalue weighted by molar-refractivity contribution is -0.134. The predicted molar refractivity (Wildman–Crippen MR) is 103 cm³/mol. The average Bonchev–Trinajstić information content (AvgIpc) is 2.60. The molecule has 6 heteroatoms. The summed E-state index contributed by atoms with van der Waals surface area (Å²) in [5.74, 6) is 1.14. The van der Waals surface area contributed by atoms with Gasteiger partial charge in [0.25, 0.3) is 5.56 Å². The van der Waals surface area contributed by atoms with E-state index in [4.69, 9.17) is 11.6 Å². The molecule has 1 aromatic carbocycles. The van der Waals surface area contributed by atoms with E-state index in [1.165, 1.54) is 10.7 Å². The van der Waals surface area contributed by atoms with Crippen LogP contribution < -0.4 is 5.56 Å². The first-order chi connectivity index (χ1) is 12.4. The lowest BCUT2D eigenvalue weighted by Gasteiger charge is -2.35. The van der Waals surface area contributed by atoms with Crippen LogP contribution in [0.1, 0.15) is 26.7 Å². The Kier molecular flexibility index (Phi) is 5.77. The number of amides is 1. The molecule has 0 N–H and O–H groups in total. The highest BCUT2D eigenvalue weighted by Gasteiger charge is 2.25. The molecule has 0 aliphatic carbocycles. The highest BCUT2D eigenvalue weighted by atomic mass is 35.5. The van der Waals surface area contributed by atoms with Crippen LogP contribution in [-0.4, -0.2) is 33.7 Å². The molecule has 2 atom stereocenters. The van der Waals surface area contributed by atoms with Gasteiger partial charge in [0, 0.05) is 36.2 Å². The first-order valence-corrected chi connectivity index (χ1v) is 9.42. The Morgan fingerprint density at radius 2 is 1.77 bits per heavy atom. The molecule has 0 spiro atoms. The van der Waals surface area contributed by atoms with Gasteiger partial charge in [0.15, 0.2) is 0 Å². The smallest absolute Gasteiger partial charge is 0.266 e. The zero-order valence-electron chi connectivity index (χ0n) is 15.2. The molecule has 2 heterocycles. The topological polar surface area (TPSA) is 55.2 Å². The molecule has 1 saturated heterocycles. The molecular weight excluding hydrogens is 350 g/mol. The second kappa shape index (κ2) is 8.04. The minimum absolute atomic E-state index is 0.0917. The van der Waals surface area contributed by atoms with Crippen LogP contribution in [0.25, 0.3) is 11.3 Å². The van der Waals surface area contributed by atoms with E-state index in [1.54, 1.807) is 18.2 Å². The minimum Gasteiger partial charge on any atom is -0.342 e. The van der Waals surface area contributed by atoms with Gasteiger partial charge in [0.2, 0.25) is 5.91 Å². The van der Waals surface area contributed by atoms with Gasteiger partial charge < -0.3 is 4.90 Å². The van der Waals surface area contributed by atoms with Crippen molar-refractivity contribution in [2.24, 2.45) is 11.8 Å². The van der Waals surface area contributed by atoms with Crippen molar-refractivity contribution < 1.29 is 4.79 Å². The number of hydrogen-bond donors (Lipinski definition) is 0. The molecule has 1 fully saturated rings. The minimum atomic E-state index is -0.198. The van der Waals surface area contributed by atoms with Crippen LogP contribution >= 0.6 is 11.6 Å². The predicted octanol–water partition coefficient (Wildman–Crippen LogP) is 3.46. The number of halogens is 1. The summed E-state index contributed by atoms with van der Waals surface area (Å²) in [5.41, 5.74) is 1.37. The number of aryl methyl sites for hydroxylation is 1. The fourth-order valence-corrected chi connectivity index (χ4v) is 3.74. The van der Waals surface area contributed by atoms with Gasteiger partial charge in [0.05, 0.1) is 12.2 Å². The van der Waals surface area contributed by atoms with Gasteiger partial charge in [-0.3, -0.25) is 9.59 Å². The fourth-order valence-electron chi connectivity index (χ4n) is 3.61. The molecule has 3 rings (SSSR count). The van der Waals surface area contributed by atoms with Gasteiger partial charge in [-0.1, -0.05) is 37.6 Å². The first kappa shape index (κ1) is 18.6. The summed E-state index contributed by atoms with van der Waals surface area (Å²) in [4.78, 5) is 26.6. The van der Waals surface area contributed by atoms with Gasteiger partial charge in [-0.2, -0.15) is 5.10 Å². The van der Waals surface area contributed by atoms with E-state index in [0.717, 1.165) is 25.1 Å². The van der Waals surface area contributed by atoms with Crippen molar-refractivity contribution in [2.45, 2.75) is 33.2 Å². The maximum atomic E-state index is 12.5. The van der Waals surface area contributed by atoms with Crippen LogP contribution in [0.3, 0.4) is 0 Å². The number of carbonyl (C=O) groups is 1. The Labute approximate surface area is 158 Å². The van der Waals surface area contributed by atoms with E-state index in [-0.39, 0.29) is 17.9 Å². The number of aromatic nitrogens is 2. The van der Waals surface area contributed by atoms with Crippen LogP contribution in [0.2, 0.25) is 5.02 Å². The number of benzene rings is 1. The average molecular weight is 374 g/mol. The molecule has 0 bridgehead atoms. The Morgan fingerprint density at radius 1 is 1.12 bits per heavy atom. The standard InChI is InChI=1S/C20H24ClN3O2/c1-14-11-15(2)13-23(12-14)19(25)9-10-24-20(26)8-7-18(22-24)16-3-5-17(21)6-4-16/h3-8,14-15H,9-13H2,1-2H3. The van der Waals surface area contributed by atoms with Gasteiger partial charge in [0.1, 0.15) is 0 Å². The summed E-state index contributed by atoms with van der Waals surface area (Å²) < 4.78 is 1.37. The summed E-state index contributed by atoms with van der Waals surface area (Å²) in [6, 6.07) is 10.5. The van der Waals surface area contributed by atoms with Crippen LogP contribution in [0.4, 0.5) is 0 Å². The molecule has 2 unspecified atom stereocenters. The lowest BCUT2D eigenvalue weighted by Crippen LogP contribution is -2.43. The van der Waals surface area contributed by atoms with E-state index in [2.05, 4.69) is 18.9 Å². The van der Waals surface area contributed by atoms with Gasteiger partial charge >= 0.3 is 0 Å². The van der Waals surface area contributed by atoms with E-state index in [1.807, 2.05) is 17.0 Å². The maximum absolute atomic E-state index is 12.5. The number of piperidine rings is 1. The second-order valence-electron chi connectivity index (χ2n) is 7.28. The largest absolute Gasteiger partial charge is 0.342 e. The highest BCUT2D eigenvalue weighted by Crippen LogP contribution is 2.21. The van der Waals surface area contributed by atoms with E-state index < -0.39 is 0 Å². The van der Waals surface area contributed by atoms with Crippen molar-refractivity contribution in [3.05, 3.63) is 51.8 Å². The van der Waals surface area contributed by atoms with E-state index in [0.29, 0.717) is 29.1 Å². The number of likely N-dealkylation sites (tertiary alicyclic amines) is 1. The summed E-state index contributed by atoms with van der Waals surface area (Å²) in [6.07, 6.45) is 1.45. The number of nitrogens with zero attached hydrogens (tertiary/aromatic N) is 3. The Hall–Kier alpha value is -2.14. The van der Waals surface area contributed by atoms with Crippen molar-refractivity contribution in [1.29, 1.82) is 0 Å². The summed E-state index contributed by atoms with van der Waals surface area (Å²) in [7, 11) is 0. The number of hydrogen-bond acceptors (Lipinski definition) is 3. The van der Waals surface area contributed by atoms with Crippen LogP contribution in [0, 0.1) is 11.8 Å². The zero-order valence-corrected chi connectivity index (χ0v) is 15.9. The normalized spacial score (nSPS) is 20.2. The lowest BCUT2D eigenvalue weighted by atomic mass is 9.92. The maximum Gasteiger partial charge on any atom is 0.266 e. The Balaban J connectivity index is 1.69. The molecule has 0 radical (unpaired) electrons. The SMILES string of the molecule is CC1CC(C)CN(C(=O)CCn2nc(-c3ccc(Cl)cc3)ccc2=O)C1.